The molecule has 0 aliphatic heterocycles. The van der Waals surface area contributed by atoms with Gasteiger partial charge in [-0.3, -0.25) is 5.32 Å². The number of benzene rings is 2. The molecule has 2 N–H and O–H groups in total. The molecule has 5 nitrogen and oxygen atoms in total. The number of carbonyl (C=O) groups excluding carboxylic acids is 1. The van der Waals surface area contributed by atoms with Crippen molar-refractivity contribution in [3.63, 3.8) is 0 Å². The minimum atomic E-state index is -0.450. The maximum Gasteiger partial charge on any atom is 0.324 e. The summed E-state index contributed by atoms with van der Waals surface area (Å²) in [6, 6.07) is 17.2. The van der Waals surface area contributed by atoms with Crippen molar-refractivity contribution in [3.8, 4) is 5.75 Å². The van der Waals surface area contributed by atoms with Gasteiger partial charge in [0.2, 0.25) is 0 Å². The van der Waals surface area contributed by atoms with Gasteiger partial charge in [-0.2, -0.15) is 0 Å². The number of nitrogens with one attached hydrogen (secondary N) is 2. The lowest BCUT2D eigenvalue weighted by atomic mass is 10.2. The van der Waals surface area contributed by atoms with E-state index < -0.39 is 6.03 Å². The Balaban J connectivity index is 1.67. The SMILES string of the molecule is O=C(Nc1cccc(Cl)c1)Nc1ncccc1OCc1ccccc1Cl. The summed E-state index contributed by atoms with van der Waals surface area (Å²) in [5, 5.41) is 6.50. The second-order valence-corrected chi connectivity index (χ2v) is 6.16. The fourth-order valence-electron chi connectivity index (χ4n) is 2.21. The molecule has 0 aliphatic rings. The van der Waals surface area contributed by atoms with E-state index >= 15 is 0 Å². The van der Waals surface area contributed by atoms with E-state index in [4.69, 9.17) is 27.9 Å². The van der Waals surface area contributed by atoms with Crippen LogP contribution in [0.1, 0.15) is 5.56 Å². The number of hydrogen-bond acceptors (Lipinski definition) is 3. The number of hydrogen-bond donors (Lipinski definition) is 2. The molecule has 0 radical (unpaired) electrons. The molecule has 0 saturated heterocycles. The van der Waals surface area contributed by atoms with Gasteiger partial charge < -0.3 is 10.1 Å². The normalized spacial score (nSPS) is 10.2. The largest absolute Gasteiger partial charge is 0.485 e. The lowest BCUT2D eigenvalue weighted by Gasteiger charge is -2.13. The van der Waals surface area contributed by atoms with Crippen LogP contribution in [0, 0.1) is 0 Å². The molecule has 0 spiro atoms. The van der Waals surface area contributed by atoms with E-state index in [1.54, 1.807) is 48.7 Å². The fraction of sp³-hybridized carbons (Fsp3) is 0.0526. The Kier molecular flexibility index (Phi) is 5.94. The van der Waals surface area contributed by atoms with E-state index in [-0.39, 0.29) is 6.61 Å². The van der Waals surface area contributed by atoms with Crippen LogP contribution in [0.4, 0.5) is 16.3 Å². The van der Waals surface area contributed by atoms with E-state index in [0.29, 0.717) is 27.3 Å². The van der Waals surface area contributed by atoms with Gasteiger partial charge in [-0.05, 0) is 36.4 Å². The van der Waals surface area contributed by atoms with Gasteiger partial charge in [0.15, 0.2) is 11.6 Å². The Hall–Kier alpha value is -2.76. The van der Waals surface area contributed by atoms with E-state index in [1.807, 2.05) is 18.2 Å². The molecule has 0 fully saturated rings. The Morgan fingerprint density at radius 1 is 1.00 bits per heavy atom. The van der Waals surface area contributed by atoms with Gasteiger partial charge in [-0.15, -0.1) is 0 Å². The molecule has 2 amide bonds. The Bertz CT molecular complexity index is 919. The highest BCUT2D eigenvalue weighted by Gasteiger charge is 2.10. The Labute approximate surface area is 160 Å². The summed E-state index contributed by atoms with van der Waals surface area (Å²) in [6.45, 7) is 0.260. The number of carbonyl (C=O) groups is 1. The lowest BCUT2D eigenvalue weighted by Crippen LogP contribution is -2.20. The topological polar surface area (TPSA) is 63.2 Å². The number of amides is 2. The zero-order valence-corrected chi connectivity index (χ0v) is 15.1. The molecule has 1 aromatic heterocycles. The summed E-state index contributed by atoms with van der Waals surface area (Å²) in [7, 11) is 0. The van der Waals surface area contributed by atoms with Crippen LogP contribution in [-0.2, 0) is 6.61 Å². The van der Waals surface area contributed by atoms with Gasteiger partial charge in [-0.25, -0.2) is 9.78 Å². The zero-order valence-electron chi connectivity index (χ0n) is 13.6. The lowest BCUT2D eigenvalue weighted by molar-refractivity contribution is 0.261. The highest BCUT2D eigenvalue weighted by Crippen LogP contribution is 2.24. The summed E-state index contributed by atoms with van der Waals surface area (Å²) >= 11 is 12.0. The predicted molar refractivity (Wildman–Crippen MR) is 104 cm³/mol. The summed E-state index contributed by atoms with van der Waals surface area (Å²) in [6.07, 6.45) is 1.57. The van der Waals surface area contributed by atoms with Gasteiger partial charge in [-0.1, -0.05) is 47.5 Å². The third kappa shape index (κ3) is 4.88. The molecule has 26 heavy (non-hydrogen) atoms. The maximum absolute atomic E-state index is 12.2. The second kappa shape index (κ2) is 8.56. The van der Waals surface area contributed by atoms with Crippen molar-refractivity contribution in [1.29, 1.82) is 0 Å². The highest BCUT2D eigenvalue weighted by atomic mass is 35.5. The van der Waals surface area contributed by atoms with Crippen LogP contribution in [0.25, 0.3) is 0 Å². The monoisotopic (exact) mass is 387 g/mol. The molecule has 3 rings (SSSR count). The minimum Gasteiger partial charge on any atom is -0.485 e. The number of urea groups is 1. The van der Waals surface area contributed by atoms with E-state index in [0.717, 1.165) is 5.56 Å². The van der Waals surface area contributed by atoms with Gasteiger partial charge in [0.25, 0.3) is 0 Å². The maximum atomic E-state index is 12.2. The van der Waals surface area contributed by atoms with Crippen LogP contribution in [0.3, 0.4) is 0 Å². The van der Waals surface area contributed by atoms with Crippen molar-refractivity contribution in [2.75, 3.05) is 10.6 Å². The summed E-state index contributed by atoms with van der Waals surface area (Å²) in [5.74, 6) is 0.743. The molecule has 3 aromatic rings. The van der Waals surface area contributed by atoms with Crippen LogP contribution < -0.4 is 15.4 Å². The van der Waals surface area contributed by atoms with Crippen LogP contribution in [0.15, 0.2) is 66.9 Å². The number of halogens is 2. The molecule has 132 valence electrons. The van der Waals surface area contributed by atoms with Gasteiger partial charge in [0, 0.05) is 27.5 Å². The van der Waals surface area contributed by atoms with E-state index in [9.17, 15) is 4.79 Å². The standard InChI is InChI=1S/C19H15Cl2N3O2/c20-14-6-3-7-15(11-14)23-19(25)24-18-17(9-4-10-22-18)26-12-13-5-1-2-8-16(13)21/h1-11H,12H2,(H2,22,23,24,25). The smallest absolute Gasteiger partial charge is 0.324 e. The van der Waals surface area contributed by atoms with Gasteiger partial charge in [0.1, 0.15) is 6.61 Å². The number of aromatic nitrogens is 1. The first-order chi connectivity index (χ1) is 12.6. The van der Waals surface area contributed by atoms with Crippen molar-refractivity contribution in [1.82, 2.24) is 4.98 Å². The zero-order chi connectivity index (χ0) is 18.4. The Morgan fingerprint density at radius 3 is 2.65 bits per heavy atom. The molecule has 0 aliphatic carbocycles. The van der Waals surface area contributed by atoms with Crippen molar-refractivity contribution in [2.24, 2.45) is 0 Å². The third-order valence-electron chi connectivity index (χ3n) is 3.43. The quantitative estimate of drug-likeness (QED) is 0.597. The molecule has 0 bridgehead atoms. The second-order valence-electron chi connectivity index (χ2n) is 5.32. The first kappa shape index (κ1) is 18.0. The van der Waals surface area contributed by atoms with Crippen molar-refractivity contribution < 1.29 is 9.53 Å². The fourth-order valence-corrected chi connectivity index (χ4v) is 2.59. The number of nitrogens with zero attached hydrogens (tertiary/aromatic N) is 1. The number of anilines is 2. The van der Waals surface area contributed by atoms with E-state index in [2.05, 4.69) is 15.6 Å². The minimum absolute atomic E-state index is 0.260. The average Bonchev–Trinajstić information content (AvgIpc) is 2.62. The summed E-state index contributed by atoms with van der Waals surface area (Å²) in [5.41, 5.74) is 1.41. The molecule has 0 unspecified atom stereocenters. The molecule has 1 heterocycles. The van der Waals surface area contributed by atoms with E-state index in [1.165, 1.54) is 0 Å². The van der Waals surface area contributed by atoms with Crippen LogP contribution in [0.5, 0.6) is 5.75 Å². The number of rotatable bonds is 5. The first-order valence-electron chi connectivity index (χ1n) is 7.76. The summed E-state index contributed by atoms with van der Waals surface area (Å²) in [4.78, 5) is 16.3. The third-order valence-corrected chi connectivity index (χ3v) is 4.03. The molecule has 0 atom stereocenters. The van der Waals surface area contributed by atoms with Crippen molar-refractivity contribution >= 4 is 40.7 Å². The highest BCUT2D eigenvalue weighted by molar-refractivity contribution is 6.31. The van der Waals surface area contributed by atoms with Gasteiger partial charge in [0.05, 0.1) is 0 Å². The summed E-state index contributed by atoms with van der Waals surface area (Å²) < 4.78 is 5.76. The molecule has 7 heteroatoms. The van der Waals surface area contributed by atoms with Crippen LogP contribution in [-0.4, -0.2) is 11.0 Å². The van der Waals surface area contributed by atoms with Crippen LogP contribution >= 0.6 is 23.2 Å². The van der Waals surface area contributed by atoms with Crippen molar-refractivity contribution in [3.05, 3.63) is 82.5 Å². The predicted octanol–water partition coefficient (Wildman–Crippen LogP) is 5.61. The number of ether oxygens (including phenoxy) is 1. The van der Waals surface area contributed by atoms with Crippen LogP contribution in [0.2, 0.25) is 10.0 Å². The molecular weight excluding hydrogens is 373 g/mol. The molecular formula is C19H15Cl2N3O2. The molecule has 2 aromatic carbocycles. The van der Waals surface area contributed by atoms with Crippen molar-refractivity contribution in [2.45, 2.75) is 6.61 Å². The molecule has 0 saturated carbocycles. The first-order valence-corrected chi connectivity index (χ1v) is 8.52. The average molecular weight is 388 g/mol. The number of pyridine rings is 1. The van der Waals surface area contributed by atoms with Gasteiger partial charge >= 0.3 is 6.03 Å². The Morgan fingerprint density at radius 2 is 1.85 bits per heavy atom.